The molecule has 0 saturated heterocycles. The van der Waals surface area contributed by atoms with E-state index in [1.165, 1.54) is 13.2 Å². The molecule has 134 valence electrons. The van der Waals surface area contributed by atoms with E-state index in [0.717, 1.165) is 23.5 Å². The molecular weight excluding hydrogens is 335 g/mol. The number of pyridine rings is 1. The first-order chi connectivity index (χ1) is 12.6. The van der Waals surface area contributed by atoms with E-state index in [4.69, 9.17) is 9.72 Å². The lowest BCUT2D eigenvalue weighted by molar-refractivity contribution is 0.408. The highest BCUT2D eigenvalue weighted by Gasteiger charge is 2.27. The van der Waals surface area contributed by atoms with Crippen molar-refractivity contribution in [2.24, 2.45) is 7.05 Å². The number of anilines is 1. The fourth-order valence-corrected chi connectivity index (χ4v) is 3.29. The summed E-state index contributed by atoms with van der Waals surface area (Å²) in [6.07, 6.45) is 6.15. The molecule has 1 unspecified atom stereocenters. The summed E-state index contributed by atoms with van der Waals surface area (Å²) < 4.78 is 20.8. The van der Waals surface area contributed by atoms with Crippen LogP contribution >= 0.6 is 0 Å². The zero-order valence-corrected chi connectivity index (χ0v) is 14.8. The number of aryl methyl sites for hydroxylation is 1. The number of hydrogen-bond acceptors (Lipinski definition) is 6. The molecule has 4 heterocycles. The smallest absolute Gasteiger partial charge is 0.218 e. The van der Waals surface area contributed by atoms with Gasteiger partial charge in [0.2, 0.25) is 5.95 Å². The number of imidazole rings is 1. The van der Waals surface area contributed by atoms with E-state index in [2.05, 4.69) is 15.0 Å². The summed E-state index contributed by atoms with van der Waals surface area (Å²) in [5.41, 5.74) is 2.00. The van der Waals surface area contributed by atoms with Gasteiger partial charge in [0.05, 0.1) is 18.8 Å². The predicted octanol–water partition coefficient (Wildman–Crippen LogP) is 2.54. The molecule has 0 bridgehead atoms. The molecule has 8 heteroatoms. The number of ether oxygens (including phenoxy) is 1. The monoisotopic (exact) mass is 354 g/mol. The summed E-state index contributed by atoms with van der Waals surface area (Å²) in [6, 6.07) is 3.00. The molecule has 26 heavy (non-hydrogen) atoms. The van der Waals surface area contributed by atoms with Crippen LogP contribution < -0.4 is 9.64 Å². The van der Waals surface area contributed by atoms with Gasteiger partial charge in [0.25, 0.3) is 0 Å². The first-order valence-electron chi connectivity index (χ1n) is 8.38. The molecule has 0 amide bonds. The molecule has 1 aliphatic rings. The number of methoxy groups -OCH3 is 1. The Hall–Kier alpha value is -3.03. The van der Waals surface area contributed by atoms with E-state index in [1.807, 2.05) is 35.8 Å². The van der Waals surface area contributed by atoms with Crippen LogP contribution in [0.3, 0.4) is 0 Å². The Morgan fingerprint density at radius 2 is 2.08 bits per heavy atom. The molecule has 0 spiro atoms. The minimum Gasteiger partial charge on any atom is -0.496 e. The molecule has 4 rings (SSSR count). The van der Waals surface area contributed by atoms with E-state index in [-0.39, 0.29) is 6.04 Å². The molecule has 0 N–H and O–H groups in total. The fourth-order valence-electron chi connectivity index (χ4n) is 3.29. The zero-order chi connectivity index (χ0) is 18.3. The van der Waals surface area contributed by atoms with Crippen LogP contribution in [0.2, 0.25) is 0 Å². The Morgan fingerprint density at radius 1 is 1.23 bits per heavy atom. The van der Waals surface area contributed by atoms with Crippen LogP contribution in [0.25, 0.3) is 11.6 Å². The SMILES string of the molecule is COc1cc(F)nc(N2CCc3nc(-c4nccn4C)ncc3C2C)c1. The van der Waals surface area contributed by atoms with E-state index < -0.39 is 5.95 Å². The number of nitrogens with zero attached hydrogens (tertiary/aromatic N) is 6. The average molecular weight is 354 g/mol. The molecule has 1 aliphatic heterocycles. The molecular formula is C18H19FN6O. The van der Waals surface area contributed by atoms with Gasteiger partial charge in [0, 0.05) is 56.3 Å². The van der Waals surface area contributed by atoms with Gasteiger partial charge in [-0.15, -0.1) is 0 Å². The third-order valence-corrected chi connectivity index (χ3v) is 4.71. The van der Waals surface area contributed by atoms with Gasteiger partial charge in [-0.2, -0.15) is 4.39 Å². The summed E-state index contributed by atoms with van der Waals surface area (Å²) in [4.78, 5) is 19.6. The maximum Gasteiger partial charge on any atom is 0.218 e. The Labute approximate surface area is 150 Å². The fraction of sp³-hybridized carbons (Fsp3) is 0.333. The Kier molecular flexibility index (Phi) is 4.02. The average Bonchev–Trinajstić information content (AvgIpc) is 3.07. The second kappa shape index (κ2) is 6.36. The quantitative estimate of drug-likeness (QED) is 0.673. The van der Waals surface area contributed by atoms with Crippen LogP contribution in [0.4, 0.5) is 10.2 Å². The molecule has 3 aromatic heterocycles. The number of halogens is 1. The largest absolute Gasteiger partial charge is 0.496 e. The Morgan fingerprint density at radius 3 is 2.81 bits per heavy atom. The van der Waals surface area contributed by atoms with E-state index >= 15 is 0 Å². The maximum atomic E-state index is 13.8. The standard InChI is InChI=1S/C18H19FN6O/c1-11-13-10-21-17(18-20-5-7-24(18)2)22-14(13)4-6-25(11)16-9-12(26-3)8-15(19)23-16/h5,7-11H,4,6H2,1-3H3. The number of hydrogen-bond donors (Lipinski definition) is 0. The van der Waals surface area contributed by atoms with Crippen molar-refractivity contribution in [3.8, 4) is 17.4 Å². The van der Waals surface area contributed by atoms with E-state index in [1.54, 1.807) is 12.3 Å². The van der Waals surface area contributed by atoms with Crippen molar-refractivity contribution in [1.29, 1.82) is 0 Å². The minimum absolute atomic E-state index is 0.0202. The van der Waals surface area contributed by atoms with Crippen LogP contribution in [0.5, 0.6) is 5.75 Å². The number of fused-ring (bicyclic) bond motifs is 1. The van der Waals surface area contributed by atoms with Crippen LogP contribution in [0.1, 0.15) is 24.2 Å². The highest BCUT2D eigenvalue weighted by Crippen LogP contribution is 2.33. The number of rotatable bonds is 3. The van der Waals surface area contributed by atoms with Crippen molar-refractivity contribution in [3.63, 3.8) is 0 Å². The van der Waals surface area contributed by atoms with Gasteiger partial charge in [0.1, 0.15) is 11.6 Å². The van der Waals surface area contributed by atoms with Crippen molar-refractivity contribution in [2.75, 3.05) is 18.6 Å². The summed E-state index contributed by atoms with van der Waals surface area (Å²) in [6.45, 7) is 2.73. The van der Waals surface area contributed by atoms with Crippen LogP contribution in [-0.4, -0.2) is 38.2 Å². The van der Waals surface area contributed by atoms with Crippen LogP contribution in [-0.2, 0) is 13.5 Å². The summed E-state index contributed by atoms with van der Waals surface area (Å²) in [7, 11) is 3.43. The molecule has 0 saturated carbocycles. The van der Waals surface area contributed by atoms with E-state index in [9.17, 15) is 4.39 Å². The third kappa shape index (κ3) is 2.77. The van der Waals surface area contributed by atoms with Gasteiger partial charge in [-0.25, -0.2) is 19.9 Å². The van der Waals surface area contributed by atoms with Crippen molar-refractivity contribution in [2.45, 2.75) is 19.4 Å². The number of aromatic nitrogens is 5. The third-order valence-electron chi connectivity index (χ3n) is 4.71. The summed E-state index contributed by atoms with van der Waals surface area (Å²) in [5.74, 6) is 1.79. The van der Waals surface area contributed by atoms with Gasteiger partial charge in [-0.3, -0.25) is 0 Å². The molecule has 7 nitrogen and oxygen atoms in total. The van der Waals surface area contributed by atoms with Crippen molar-refractivity contribution in [1.82, 2.24) is 24.5 Å². The predicted molar refractivity (Wildman–Crippen MR) is 94.4 cm³/mol. The van der Waals surface area contributed by atoms with Crippen molar-refractivity contribution in [3.05, 3.63) is 47.9 Å². The molecule has 1 atom stereocenters. The van der Waals surface area contributed by atoms with Gasteiger partial charge in [-0.05, 0) is 6.92 Å². The second-order valence-electron chi connectivity index (χ2n) is 6.26. The molecule has 0 fully saturated rings. The van der Waals surface area contributed by atoms with Gasteiger partial charge in [0.15, 0.2) is 11.6 Å². The van der Waals surface area contributed by atoms with Gasteiger partial charge < -0.3 is 14.2 Å². The first-order valence-corrected chi connectivity index (χ1v) is 8.38. The second-order valence-corrected chi connectivity index (χ2v) is 6.26. The van der Waals surface area contributed by atoms with Gasteiger partial charge >= 0.3 is 0 Å². The lowest BCUT2D eigenvalue weighted by Crippen LogP contribution is -2.35. The van der Waals surface area contributed by atoms with Crippen LogP contribution in [0.15, 0.2) is 30.7 Å². The Balaban J connectivity index is 1.68. The van der Waals surface area contributed by atoms with Crippen molar-refractivity contribution < 1.29 is 9.13 Å². The minimum atomic E-state index is -0.557. The summed E-state index contributed by atoms with van der Waals surface area (Å²) >= 11 is 0. The van der Waals surface area contributed by atoms with Gasteiger partial charge in [-0.1, -0.05) is 0 Å². The van der Waals surface area contributed by atoms with Crippen molar-refractivity contribution >= 4 is 5.82 Å². The lowest BCUT2D eigenvalue weighted by Gasteiger charge is -2.35. The summed E-state index contributed by atoms with van der Waals surface area (Å²) in [5, 5.41) is 0. The molecule has 0 radical (unpaired) electrons. The van der Waals surface area contributed by atoms with Crippen LogP contribution in [0, 0.1) is 5.95 Å². The Bertz CT molecular complexity index is 957. The highest BCUT2D eigenvalue weighted by atomic mass is 19.1. The zero-order valence-electron chi connectivity index (χ0n) is 14.8. The first kappa shape index (κ1) is 16.4. The van der Waals surface area contributed by atoms with E-state index in [0.29, 0.717) is 23.9 Å². The highest BCUT2D eigenvalue weighted by molar-refractivity contribution is 5.50. The normalized spacial score (nSPS) is 16.5. The molecule has 0 aromatic carbocycles. The molecule has 3 aromatic rings. The topological polar surface area (TPSA) is 69.0 Å². The molecule has 0 aliphatic carbocycles. The lowest BCUT2D eigenvalue weighted by atomic mass is 9.99. The maximum absolute atomic E-state index is 13.8.